The van der Waals surface area contributed by atoms with Crippen LogP contribution in [0.2, 0.25) is 0 Å². The molecular weight excluding hydrogens is 202 g/mol. The fraction of sp³-hybridized carbons (Fsp3) is 1.00. The average Bonchev–Trinajstić information content (AvgIpc) is 2.33. The van der Waals surface area contributed by atoms with Gasteiger partial charge in [-0.2, -0.15) is 0 Å². The maximum absolute atomic E-state index is 5.77. The second-order valence-corrected chi connectivity index (χ2v) is 4.85. The number of hydrogen-bond acceptors (Lipinski definition) is 5. The van der Waals surface area contributed by atoms with Crippen molar-refractivity contribution in [1.29, 1.82) is 0 Å². The van der Waals surface area contributed by atoms with Crippen LogP contribution in [0.1, 0.15) is 6.92 Å². The molecule has 2 aliphatic heterocycles. The minimum Gasteiger partial charge on any atom is -0.315 e. The Hall–Kier alpha value is -0.200. The van der Waals surface area contributed by atoms with E-state index in [0.29, 0.717) is 6.04 Å². The zero-order valence-electron chi connectivity index (χ0n) is 10.3. The molecule has 2 unspecified atom stereocenters. The van der Waals surface area contributed by atoms with E-state index in [2.05, 4.69) is 27.4 Å². The van der Waals surface area contributed by atoms with Gasteiger partial charge in [-0.05, 0) is 6.54 Å². The number of nitrogens with two attached hydrogens (primary N) is 1. The van der Waals surface area contributed by atoms with Gasteiger partial charge in [-0.15, -0.1) is 0 Å². The number of piperazine rings is 2. The van der Waals surface area contributed by atoms with Crippen LogP contribution in [0.4, 0.5) is 0 Å². The Labute approximate surface area is 98.3 Å². The van der Waals surface area contributed by atoms with Crippen molar-refractivity contribution < 1.29 is 0 Å². The quantitative estimate of drug-likeness (QED) is 0.546. The summed E-state index contributed by atoms with van der Waals surface area (Å²) in [5.41, 5.74) is 5.77. The summed E-state index contributed by atoms with van der Waals surface area (Å²) < 4.78 is 0. The largest absolute Gasteiger partial charge is 0.315 e. The van der Waals surface area contributed by atoms with Crippen molar-refractivity contribution in [3.63, 3.8) is 0 Å². The van der Waals surface area contributed by atoms with E-state index in [0.717, 1.165) is 19.6 Å². The Balaban J connectivity index is 1.66. The van der Waals surface area contributed by atoms with E-state index in [9.17, 15) is 0 Å². The molecule has 0 aromatic carbocycles. The zero-order chi connectivity index (χ0) is 11.4. The fourth-order valence-electron chi connectivity index (χ4n) is 2.46. The summed E-state index contributed by atoms with van der Waals surface area (Å²) in [6.07, 6.45) is 0.133. The molecule has 4 N–H and O–H groups in total. The molecule has 0 saturated carbocycles. The van der Waals surface area contributed by atoms with Gasteiger partial charge in [0.2, 0.25) is 0 Å². The number of hydrogen-bond donors (Lipinski definition) is 3. The molecule has 0 amide bonds. The number of rotatable bonds is 3. The highest BCUT2D eigenvalue weighted by atomic mass is 15.3. The van der Waals surface area contributed by atoms with Gasteiger partial charge in [0.1, 0.15) is 0 Å². The summed E-state index contributed by atoms with van der Waals surface area (Å²) in [4.78, 5) is 5.07. The predicted octanol–water partition coefficient (Wildman–Crippen LogP) is -1.53. The molecule has 2 heterocycles. The number of likely N-dealkylation sites (N-methyl/N-ethyl adjacent to an activating group) is 1. The molecule has 2 saturated heterocycles. The minimum absolute atomic E-state index is 0.133. The molecule has 0 spiro atoms. The van der Waals surface area contributed by atoms with Gasteiger partial charge in [-0.25, -0.2) is 0 Å². The van der Waals surface area contributed by atoms with Crippen molar-refractivity contribution >= 4 is 0 Å². The summed E-state index contributed by atoms with van der Waals surface area (Å²) >= 11 is 0. The molecule has 2 atom stereocenters. The second kappa shape index (κ2) is 5.93. The highest BCUT2D eigenvalue weighted by molar-refractivity contribution is 4.83. The van der Waals surface area contributed by atoms with Crippen LogP contribution in [-0.2, 0) is 0 Å². The summed E-state index contributed by atoms with van der Waals surface area (Å²) in [5, 5.41) is 6.82. The monoisotopic (exact) mass is 227 g/mol. The molecule has 16 heavy (non-hydrogen) atoms. The van der Waals surface area contributed by atoms with Gasteiger partial charge in [0, 0.05) is 51.9 Å². The van der Waals surface area contributed by atoms with Crippen LogP contribution in [0.25, 0.3) is 0 Å². The molecule has 0 aliphatic carbocycles. The second-order valence-electron chi connectivity index (χ2n) is 4.85. The van der Waals surface area contributed by atoms with Crippen LogP contribution in [0.15, 0.2) is 0 Å². The maximum atomic E-state index is 5.77. The summed E-state index contributed by atoms with van der Waals surface area (Å²) in [6, 6.07) is 0.563. The van der Waals surface area contributed by atoms with Crippen molar-refractivity contribution in [2.24, 2.45) is 5.73 Å². The smallest absolute Gasteiger partial charge is 0.0675 e. The molecule has 0 aromatic rings. The molecule has 5 heteroatoms. The maximum Gasteiger partial charge on any atom is 0.0675 e. The zero-order valence-corrected chi connectivity index (χ0v) is 10.3. The SMILES string of the molecule is CCN1CCN(CC2CNC(N)CN2)CC1. The molecule has 0 bridgehead atoms. The Morgan fingerprint density at radius 3 is 2.31 bits per heavy atom. The molecular formula is C11H25N5. The summed E-state index contributed by atoms with van der Waals surface area (Å²) in [5.74, 6) is 0. The lowest BCUT2D eigenvalue weighted by Gasteiger charge is -2.38. The number of nitrogens with zero attached hydrogens (tertiary/aromatic N) is 2. The first-order valence-electron chi connectivity index (χ1n) is 6.45. The van der Waals surface area contributed by atoms with Crippen LogP contribution < -0.4 is 16.4 Å². The molecule has 0 radical (unpaired) electrons. The minimum atomic E-state index is 0.133. The normalized spacial score (nSPS) is 34.1. The van der Waals surface area contributed by atoms with Crippen molar-refractivity contribution in [2.45, 2.75) is 19.1 Å². The molecule has 0 aromatic heterocycles. The molecule has 2 rings (SSSR count). The van der Waals surface area contributed by atoms with E-state index < -0.39 is 0 Å². The first-order valence-corrected chi connectivity index (χ1v) is 6.45. The van der Waals surface area contributed by atoms with Crippen molar-refractivity contribution in [3.8, 4) is 0 Å². The van der Waals surface area contributed by atoms with E-state index in [4.69, 9.17) is 5.73 Å². The van der Waals surface area contributed by atoms with Crippen molar-refractivity contribution in [2.75, 3.05) is 52.4 Å². The van der Waals surface area contributed by atoms with Crippen LogP contribution in [0.5, 0.6) is 0 Å². The fourth-order valence-corrected chi connectivity index (χ4v) is 2.46. The van der Waals surface area contributed by atoms with Gasteiger partial charge in [0.15, 0.2) is 0 Å². The first-order chi connectivity index (χ1) is 7.78. The number of nitrogens with one attached hydrogen (secondary N) is 2. The lowest BCUT2D eigenvalue weighted by atomic mass is 10.2. The van der Waals surface area contributed by atoms with E-state index in [1.54, 1.807) is 0 Å². The lowest BCUT2D eigenvalue weighted by Crippen LogP contribution is -2.61. The third kappa shape index (κ3) is 3.40. The topological polar surface area (TPSA) is 56.6 Å². The highest BCUT2D eigenvalue weighted by Crippen LogP contribution is 2.03. The van der Waals surface area contributed by atoms with Gasteiger partial charge < -0.3 is 16.0 Å². The van der Waals surface area contributed by atoms with Crippen LogP contribution in [0.3, 0.4) is 0 Å². The van der Waals surface area contributed by atoms with Crippen LogP contribution in [-0.4, -0.2) is 74.4 Å². The first kappa shape index (κ1) is 12.3. The molecule has 94 valence electrons. The van der Waals surface area contributed by atoms with E-state index in [-0.39, 0.29) is 6.17 Å². The van der Waals surface area contributed by atoms with E-state index >= 15 is 0 Å². The van der Waals surface area contributed by atoms with Gasteiger partial charge in [-0.3, -0.25) is 10.2 Å². The third-order valence-corrected chi connectivity index (χ3v) is 3.64. The Morgan fingerprint density at radius 1 is 1.06 bits per heavy atom. The van der Waals surface area contributed by atoms with Crippen molar-refractivity contribution in [1.82, 2.24) is 20.4 Å². The molecule has 5 nitrogen and oxygen atoms in total. The third-order valence-electron chi connectivity index (χ3n) is 3.64. The predicted molar refractivity (Wildman–Crippen MR) is 66.3 cm³/mol. The Morgan fingerprint density at radius 2 is 1.75 bits per heavy atom. The average molecular weight is 227 g/mol. The van der Waals surface area contributed by atoms with Gasteiger partial charge in [0.25, 0.3) is 0 Å². The standard InChI is InChI=1S/C11H25N5/c1-2-15-3-5-16(6-4-15)9-10-7-14-11(12)8-13-10/h10-11,13-14H,2-9,12H2,1H3. The van der Waals surface area contributed by atoms with Gasteiger partial charge >= 0.3 is 0 Å². The van der Waals surface area contributed by atoms with E-state index in [1.165, 1.54) is 32.7 Å². The summed E-state index contributed by atoms with van der Waals surface area (Å²) in [7, 11) is 0. The van der Waals surface area contributed by atoms with Gasteiger partial charge in [-0.1, -0.05) is 6.92 Å². The Bertz CT molecular complexity index is 195. The summed E-state index contributed by atoms with van der Waals surface area (Å²) in [6.45, 7) is 11.3. The molecule has 2 aliphatic rings. The molecule has 2 fully saturated rings. The van der Waals surface area contributed by atoms with E-state index in [1.807, 2.05) is 0 Å². The Kier molecular flexibility index (Phi) is 4.55. The van der Waals surface area contributed by atoms with Crippen LogP contribution >= 0.6 is 0 Å². The van der Waals surface area contributed by atoms with Crippen molar-refractivity contribution in [3.05, 3.63) is 0 Å². The van der Waals surface area contributed by atoms with Gasteiger partial charge in [0.05, 0.1) is 6.17 Å². The lowest BCUT2D eigenvalue weighted by molar-refractivity contribution is 0.122. The highest BCUT2D eigenvalue weighted by Gasteiger charge is 2.22. The van der Waals surface area contributed by atoms with Crippen LogP contribution in [0, 0.1) is 0 Å².